The zero-order valence-electron chi connectivity index (χ0n) is 10.6. The average molecular weight is 278 g/mol. The first-order chi connectivity index (χ1) is 9.05. The topological polar surface area (TPSA) is 78.9 Å². The van der Waals surface area contributed by atoms with Crippen LogP contribution >= 0.6 is 11.6 Å². The molecule has 5 heteroatoms. The molecule has 0 bridgehead atoms. The number of nitrogens with one attached hydrogen (secondary N) is 1. The summed E-state index contributed by atoms with van der Waals surface area (Å²) >= 11 is 5.89. The van der Waals surface area contributed by atoms with E-state index < -0.39 is 5.54 Å². The maximum atomic E-state index is 12.3. The molecule has 0 radical (unpaired) electrons. The van der Waals surface area contributed by atoms with Gasteiger partial charge in [-0.25, -0.2) is 0 Å². The number of nitrogens with two attached hydrogens (primary N) is 1. The van der Waals surface area contributed by atoms with Gasteiger partial charge in [-0.2, -0.15) is 5.26 Å². The third-order valence-corrected chi connectivity index (χ3v) is 3.78. The Kier molecular flexibility index (Phi) is 4.08. The van der Waals surface area contributed by atoms with Crippen LogP contribution in [0.1, 0.15) is 37.7 Å². The molecular weight excluding hydrogens is 262 g/mol. The van der Waals surface area contributed by atoms with Crippen LogP contribution in [0, 0.1) is 11.3 Å². The van der Waals surface area contributed by atoms with Crippen molar-refractivity contribution in [2.24, 2.45) is 5.73 Å². The van der Waals surface area contributed by atoms with Gasteiger partial charge >= 0.3 is 0 Å². The van der Waals surface area contributed by atoms with Crippen molar-refractivity contribution in [1.29, 1.82) is 5.26 Å². The molecule has 1 saturated carbocycles. The molecule has 1 aliphatic carbocycles. The zero-order valence-corrected chi connectivity index (χ0v) is 11.3. The molecule has 1 fully saturated rings. The van der Waals surface area contributed by atoms with Crippen LogP contribution in [0.15, 0.2) is 18.2 Å². The Bertz CT molecular complexity index is 530. The highest BCUT2D eigenvalue weighted by atomic mass is 35.5. The minimum absolute atomic E-state index is 0.231. The molecule has 1 aromatic carbocycles. The van der Waals surface area contributed by atoms with Crippen LogP contribution in [0.4, 0.5) is 5.69 Å². The molecule has 0 heterocycles. The number of nitriles is 1. The highest BCUT2D eigenvalue weighted by Crippen LogP contribution is 2.28. The number of hydrogen-bond donors (Lipinski definition) is 2. The molecule has 0 atom stereocenters. The molecule has 0 aromatic heterocycles. The minimum atomic E-state index is -0.826. The lowest BCUT2D eigenvalue weighted by atomic mass is 9.82. The highest BCUT2D eigenvalue weighted by Gasteiger charge is 2.35. The Hall–Kier alpha value is -1.57. The van der Waals surface area contributed by atoms with Gasteiger partial charge in [0.1, 0.15) is 6.07 Å². The molecule has 2 rings (SSSR count). The Labute approximate surface area is 117 Å². The van der Waals surface area contributed by atoms with Crippen LogP contribution in [0.5, 0.6) is 0 Å². The highest BCUT2D eigenvalue weighted by molar-refractivity contribution is 6.31. The van der Waals surface area contributed by atoms with Crippen molar-refractivity contribution in [3.8, 4) is 6.07 Å². The Balaban J connectivity index is 2.19. The number of nitrogens with zero attached hydrogens (tertiary/aromatic N) is 1. The Morgan fingerprint density at radius 3 is 2.68 bits per heavy atom. The molecule has 0 spiro atoms. The number of halogens is 1. The second kappa shape index (κ2) is 5.60. The summed E-state index contributed by atoms with van der Waals surface area (Å²) in [5, 5.41) is 12.2. The van der Waals surface area contributed by atoms with Crippen molar-refractivity contribution in [2.45, 2.75) is 37.6 Å². The third-order valence-electron chi connectivity index (χ3n) is 3.55. The maximum absolute atomic E-state index is 12.3. The van der Waals surface area contributed by atoms with E-state index in [2.05, 4.69) is 5.32 Å². The molecule has 0 aliphatic heterocycles. The lowest BCUT2D eigenvalue weighted by molar-refractivity contribution is -0.122. The van der Waals surface area contributed by atoms with Crippen LogP contribution < -0.4 is 11.1 Å². The van der Waals surface area contributed by atoms with Gasteiger partial charge in [0, 0.05) is 5.02 Å². The van der Waals surface area contributed by atoms with Crippen LogP contribution in [0.3, 0.4) is 0 Å². The summed E-state index contributed by atoms with van der Waals surface area (Å²) in [6, 6.07) is 6.81. The minimum Gasteiger partial charge on any atom is -0.323 e. The summed E-state index contributed by atoms with van der Waals surface area (Å²) in [7, 11) is 0. The standard InChI is InChI=1S/C14H16ClN3O/c15-11-5-4-10(9-16)12(8-11)18-13(19)14(17)6-2-1-3-7-14/h4-5,8H,1-3,6-7,17H2,(H,18,19). The predicted octanol–water partition coefficient (Wildman–Crippen LogP) is 2.81. The van der Waals surface area contributed by atoms with Gasteiger partial charge < -0.3 is 11.1 Å². The quantitative estimate of drug-likeness (QED) is 0.872. The van der Waals surface area contributed by atoms with Gasteiger partial charge in [0.25, 0.3) is 0 Å². The van der Waals surface area contributed by atoms with E-state index in [-0.39, 0.29) is 5.91 Å². The van der Waals surface area contributed by atoms with Gasteiger partial charge in [-0.15, -0.1) is 0 Å². The van der Waals surface area contributed by atoms with Crippen molar-refractivity contribution in [2.75, 3.05) is 5.32 Å². The SMILES string of the molecule is N#Cc1ccc(Cl)cc1NC(=O)C1(N)CCCCC1. The van der Waals surface area contributed by atoms with E-state index in [1.165, 1.54) is 0 Å². The molecule has 4 nitrogen and oxygen atoms in total. The fraction of sp³-hybridized carbons (Fsp3) is 0.429. The van der Waals surface area contributed by atoms with Gasteiger partial charge in [-0.3, -0.25) is 4.79 Å². The van der Waals surface area contributed by atoms with Gasteiger partial charge in [0.15, 0.2) is 0 Å². The van der Waals surface area contributed by atoms with Gasteiger partial charge in [-0.1, -0.05) is 30.9 Å². The monoisotopic (exact) mass is 277 g/mol. The summed E-state index contributed by atoms with van der Waals surface area (Å²) in [5.74, 6) is -0.231. The molecule has 1 amide bonds. The molecule has 3 N–H and O–H groups in total. The van der Waals surface area contributed by atoms with Crippen LogP contribution in [-0.4, -0.2) is 11.4 Å². The number of benzene rings is 1. The number of carbonyl (C=O) groups is 1. The van der Waals surface area contributed by atoms with Gasteiger partial charge in [0.05, 0.1) is 16.8 Å². The second-order valence-corrected chi connectivity index (χ2v) is 5.41. The molecule has 1 aliphatic rings. The first kappa shape index (κ1) is 13.9. The van der Waals surface area contributed by atoms with Crippen LogP contribution in [0.2, 0.25) is 5.02 Å². The molecule has 100 valence electrons. The van der Waals surface area contributed by atoms with E-state index in [0.29, 0.717) is 29.1 Å². The van der Waals surface area contributed by atoms with E-state index in [0.717, 1.165) is 19.3 Å². The molecular formula is C14H16ClN3O. The van der Waals surface area contributed by atoms with Gasteiger partial charge in [0.2, 0.25) is 5.91 Å². The van der Waals surface area contributed by atoms with Crippen LogP contribution in [-0.2, 0) is 4.79 Å². The summed E-state index contributed by atoms with van der Waals surface area (Å²) in [6.07, 6.45) is 4.41. The molecule has 19 heavy (non-hydrogen) atoms. The lowest BCUT2D eigenvalue weighted by Crippen LogP contribution is -2.52. The van der Waals surface area contributed by atoms with Crippen LogP contribution in [0.25, 0.3) is 0 Å². The Morgan fingerprint density at radius 1 is 1.37 bits per heavy atom. The van der Waals surface area contributed by atoms with E-state index in [1.54, 1.807) is 18.2 Å². The third kappa shape index (κ3) is 3.06. The average Bonchev–Trinajstić information content (AvgIpc) is 2.40. The van der Waals surface area contributed by atoms with Gasteiger partial charge in [-0.05, 0) is 31.0 Å². The zero-order chi connectivity index (χ0) is 13.9. The number of rotatable bonds is 2. The fourth-order valence-corrected chi connectivity index (χ4v) is 2.55. The molecule has 0 unspecified atom stereocenters. The van der Waals surface area contributed by atoms with E-state index >= 15 is 0 Å². The predicted molar refractivity (Wildman–Crippen MR) is 74.8 cm³/mol. The molecule has 0 saturated heterocycles. The Morgan fingerprint density at radius 2 is 2.05 bits per heavy atom. The van der Waals surface area contributed by atoms with Crippen molar-refractivity contribution < 1.29 is 4.79 Å². The first-order valence-electron chi connectivity index (χ1n) is 6.35. The van der Waals surface area contributed by atoms with E-state index in [1.807, 2.05) is 6.07 Å². The van der Waals surface area contributed by atoms with Crippen molar-refractivity contribution in [3.05, 3.63) is 28.8 Å². The number of carbonyl (C=O) groups excluding carboxylic acids is 1. The molecule has 1 aromatic rings. The van der Waals surface area contributed by atoms with Crippen molar-refractivity contribution in [1.82, 2.24) is 0 Å². The number of amides is 1. The van der Waals surface area contributed by atoms with Crippen molar-refractivity contribution >= 4 is 23.2 Å². The van der Waals surface area contributed by atoms with E-state index in [4.69, 9.17) is 22.6 Å². The van der Waals surface area contributed by atoms with E-state index in [9.17, 15) is 4.79 Å². The largest absolute Gasteiger partial charge is 0.323 e. The second-order valence-electron chi connectivity index (χ2n) is 4.97. The maximum Gasteiger partial charge on any atom is 0.244 e. The fourth-order valence-electron chi connectivity index (χ4n) is 2.37. The normalized spacial score (nSPS) is 17.5. The number of hydrogen-bond acceptors (Lipinski definition) is 3. The number of anilines is 1. The lowest BCUT2D eigenvalue weighted by Gasteiger charge is -2.31. The summed E-state index contributed by atoms with van der Waals surface area (Å²) in [4.78, 5) is 12.3. The summed E-state index contributed by atoms with van der Waals surface area (Å²) < 4.78 is 0. The summed E-state index contributed by atoms with van der Waals surface area (Å²) in [6.45, 7) is 0. The summed E-state index contributed by atoms with van der Waals surface area (Å²) in [5.41, 5.74) is 6.14. The van der Waals surface area contributed by atoms with Crippen molar-refractivity contribution in [3.63, 3.8) is 0 Å². The first-order valence-corrected chi connectivity index (χ1v) is 6.73. The smallest absolute Gasteiger partial charge is 0.244 e.